The van der Waals surface area contributed by atoms with E-state index in [1.54, 1.807) is 44.4 Å². The lowest BCUT2D eigenvalue weighted by Gasteiger charge is -2.09. The summed E-state index contributed by atoms with van der Waals surface area (Å²) in [5.74, 6) is 0.362. The number of phenols is 2. The largest absolute Gasteiger partial charge is 0.508 e. The molecule has 1 amide bonds. The molecule has 134 valence electrons. The first-order valence-electron chi connectivity index (χ1n) is 7.85. The number of aromatic hydroxyl groups is 2. The van der Waals surface area contributed by atoms with Crippen molar-refractivity contribution in [2.45, 2.75) is 13.8 Å². The lowest BCUT2D eigenvalue weighted by molar-refractivity contribution is -0.114. The smallest absolute Gasteiger partial charge is 0.239 e. The number of anilines is 1. The number of benzene rings is 2. The molecule has 0 unspecified atom stereocenters. The van der Waals surface area contributed by atoms with E-state index in [1.165, 1.54) is 13.0 Å². The molecule has 3 rings (SSSR count). The summed E-state index contributed by atoms with van der Waals surface area (Å²) in [6.07, 6.45) is 0. The van der Waals surface area contributed by atoms with Crippen molar-refractivity contribution < 1.29 is 24.3 Å². The highest BCUT2D eigenvalue weighted by Gasteiger charge is 2.23. The van der Waals surface area contributed by atoms with Crippen molar-refractivity contribution in [3.8, 4) is 39.6 Å². The lowest BCUT2D eigenvalue weighted by Crippen LogP contribution is -2.05. The minimum Gasteiger partial charge on any atom is -0.508 e. The Balaban J connectivity index is 2.21. The second-order valence-electron chi connectivity index (χ2n) is 5.80. The number of aryl methyl sites for hydroxylation is 1. The van der Waals surface area contributed by atoms with E-state index < -0.39 is 0 Å². The maximum Gasteiger partial charge on any atom is 0.239 e. The Morgan fingerprint density at radius 3 is 2.46 bits per heavy atom. The Morgan fingerprint density at radius 1 is 1.15 bits per heavy atom. The molecule has 3 aromatic rings. The maximum atomic E-state index is 11.5. The molecule has 0 aliphatic rings. The zero-order valence-electron chi connectivity index (χ0n) is 14.5. The number of aromatic nitrogens is 1. The first-order valence-corrected chi connectivity index (χ1v) is 7.85. The number of nitrogens with zero attached hydrogens (tertiary/aromatic N) is 1. The standard InChI is InChI=1S/C19H18N2O5/c1-10-8-14(16(24)9-15(10)23)18-17(19(26-21-18)20-11(2)22)12-4-6-13(25-3)7-5-12/h4-9,23-24H,1-3H3,(H,20,22). The average Bonchev–Trinajstić information content (AvgIpc) is 3.00. The van der Waals surface area contributed by atoms with Gasteiger partial charge in [0.2, 0.25) is 11.8 Å². The third-order valence-corrected chi connectivity index (χ3v) is 3.93. The Bertz CT molecular complexity index is 961. The molecule has 26 heavy (non-hydrogen) atoms. The van der Waals surface area contributed by atoms with Crippen molar-refractivity contribution in [3.63, 3.8) is 0 Å². The summed E-state index contributed by atoms with van der Waals surface area (Å²) < 4.78 is 10.5. The fourth-order valence-electron chi connectivity index (χ4n) is 2.62. The number of methoxy groups -OCH3 is 1. The minimum atomic E-state index is -0.312. The molecule has 0 aliphatic carbocycles. The molecule has 0 saturated carbocycles. The van der Waals surface area contributed by atoms with Crippen LogP contribution in [0.5, 0.6) is 17.2 Å². The van der Waals surface area contributed by atoms with E-state index in [1.807, 2.05) is 0 Å². The van der Waals surface area contributed by atoms with E-state index in [9.17, 15) is 15.0 Å². The second kappa shape index (κ2) is 6.79. The normalized spacial score (nSPS) is 10.6. The molecule has 1 aromatic heterocycles. The number of phenolic OH excluding ortho intramolecular Hbond substituents is 2. The van der Waals surface area contributed by atoms with Crippen molar-refractivity contribution in [2.24, 2.45) is 0 Å². The van der Waals surface area contributed by atoms with Crippen molar-refractivity contribution >= 4 is 11.8 Å². The third kappa shape index (κ3) is 3.19. The molecule has 0 atom stereocenters. The van der Waals surface area contributed by atoms with Crippen molar-refractivity contribution in [2.75, 3.05) is 12.4 Å². The summed E-state index contributed by atoms with van der Waals surface area (Å²) in [7, 11) is 1.57. The molecule has 0 saturated heterocycles. The summed E-state index contributed by atoms with van der Waals surface area (Å²) in [6.45, 7) is 3.07. The van der Waals surface area contributed by atoms with Crippen LogP contribution in [0.1, 0.15) is 12.5 Å². The van der Waals surface area contributed by atoms with Crippen LogP contribution in [0.15, 0.2) is 40.9 Å². The lowest BCUT2D eigenvalue weighted by atomic mass is 9.98. The Morgan fingerprint density at radius 2 is 1.85 bits per heavy atom. The Kier molecular flexibility index (Phi) is 4.53. The van der Waals surface area contributed by atoms with E-state index in [2.05, 4.69) is 10.5 Å². The Labute approximate surface area is 149 Å². The molecule has 1 heterocycles. The van der Waals surface area contributed by atoms with Gasteiger partial charge in [0.05, 0.1) is 12.7 Å². The van der Waals surface area contributed by atoms with Crippen molar-refractivity contribution in [1.82, 2.24) is 5.16 Å². The monoisotopic (exact) mass is 354 g/mol. The van der Waals surface area contributed by atoms with Gasteiger partial charge in [-0.2, -0.15) is 0 Å². The van der Waals surface area contributed by atoms with Gasteiger partial charge >= 0.3 is 0 Å². The predicted octanol–water partition coefficient (Wildman–Crippen LogP) is 3.70. The van der Waals surface area contributed by atoms with Gasteiger partial charge in [-0.3, -0.25) is 10.1 Å². The highest BCUT2D eigenvalue weighted by Crippen LogP contribution is 2.42. The number of hydrogen-bond donors (Lipinski definition) is 3. The topological polar surface area (TPSA) is 105 Å². The molecule has 0 aliphatic heterocycles. The van der Waals surface area contributed by atoms with Gasteiger partial charge in [0.25, 0.3) is 0 Å². The molecule has 0 fully saturated rings. The predicted molar refractivity (Wildman–Crippen MR) is 96.3 cm³/mol. The molecule has 0 bridgehead atoms. The summed E-state index contributed by atoms with van der Waals surface area (Å²) in [5.41, 5.74) is 2.53. The van der Waals surface area contributed by atoms with Crippen LogP contribution in [0, 0.1) is 6.92 Å². The fraction of sp³-hybridized carbons (Fsp3) is 0.158. The number of ether oxygens (including phenoxy) is 1. The van der Waals surface area contributed by atoms with Gasteiger partial charge < -0.3 is 19.5 Å². The van der Waals surface area contributed by atoms with E-state index in [0.717, 1.165) is 5.56 Å². The van der Waals surface area contributed by atoms with Gasteiger partial charge in [0, 0.05) is 18.6 Å². The zero-order chi connectivity index (χ0) is 18.8. The van der Waals surface area contributed by atoms with Crippen LogP contribution < -0.4 is 10.1 Å². The summed E-state index contributed by atoms with van der Waals surface area (Å²) in [4.78, 5) is 11.5. The van der Waals surface area contributed by atoms with E-state index in [4.69, 9.17) is 9.26 Å². The first kappa shape index (κ1) is 17.3. The number of hydrogen-bond acceptors (Lipinski definition) is 6. The van der Waals surface area contributed by atoms with Crippen molar-refractivity contribution in [1.29, 1.82) is 0 Å². The van der Waals surface area contributed by atoms with Crippen LogP contribution in [0.4, 0.5) is 5.88 Å². The van der Waals surface area contributed by atoms with Crippen LogP contribution in [0.25, 0.3) is 22.4 Å². The summed E-state index contributed by atoms with van der Waals surface area (Å²) in [6, 6.07) is 9.98. The Hall–Kier alpha value is -3.48. The highest BCUT2D eigenvalue weighted by atomic mass is 16.5. The van der Waals surface area contributed by atoms with E-state index in [-0.39, 0.29) is 23.3 Å². The number of amides is 1. The van der Waals surface area contributed by atoms with Crippen LogP contribution >= 0.6 is 0 Å². The van der Waals surface area contributed by atoms with Gasteiger partial charge in [0.1, 0.15) is 22.9 Å². The van der Waals surface area contributed by atoms with Crippen molar-refractivity contribution in [3.05, 3.63) is 42.0 Å². The number of carbonyl (C=O) groups is 1. The van der Waals surface area contributed by atoms with Gasteiger partial charge in [0.15, 0.2) is 0 Å². The zero-order valence-corrected chi connectivity index (χ0v) is 14.5. The van der Waals surface area contributed by atoms with Gasteiger partial charge in [-0.25, -0.2) is 0 Å². The molecular weight excluding hydrogens is 336 g/mol. The third-order valence-electron chi connectivity index (χ3n) is 3.93. The number of rotatable bonds is 4. The molecule has 7 nitrogen and oxygen atoms in total. The average molecular weight is 354 g/mol. The molecule has 7 heteroatoms. The molecular formula is C19H18N2O5. The van der Waals surface area contributed by atoms with Gasteiger partial charge in [-0.05, 0) is 36.2 Å². The molecule has 0 spiro atoms. The number of carbonyl (C=O) groups excluding carboxylic acids is 1. The van der Waals surface area contributed by atoms with Gasteiger partial charge in [-0.1, -0.05) is 17.3 Å². The first-order chi connectivity index (χ1) is 12.4. The molecule has 0 radical (unpaired) electrons. The molecule has 3 N–H and O–H groups in total. The van der Waals surface area contributed by atoms with E-state index in [0.29, 0.717) is 28.1 Å². The number of nitrogens with one attached hydrogen (secondary N) is 1. The summed E-state index contributed by atoms with van der Waals surface area (Å²) >= 11 is 0. The maximum absolute atomic E-state index is 11.5. The quantitative estimate of drug-likeness (QED) is 0.660. The van der Waals surface area contributed by atoms with Crippen LogP contribution in [-0.4, -0.2) is 28.4 Å². The van der Waals surface area contributed by atoms with Gasteiger partial charge in [-0.15, -0.1) is 0 Å². The van der Waals surface area contributed by atoms with Crippen LogP contribution in [0.2, 0.25) is 0 Å². The minimum absolute atomic E-state index is 0.0252. The van der Waals surface area contributed by atoms with E-state index >= 15 is 0 Å². The van der Waals surface area contributed by atoms with Crippen LogP contribution in [0.3, 0.4) is 0 Å². The summed E-state index contributed by atoms with van der Waals surface area (Å²) in [5, 5.41) is 26.7. The fourth-order valence-corrected chi connectivity index (χ4v) is 2.62. The molecule has 2 aromatic carbocycles. The van der Waals surface area contributed by atoms with Crippen LogP contribution in [-0.2, 0) is 4.79 Å². The second-order valence-corrected chi connectivity index (χ2v) is 5.80. The SMILES string of the molecule is COc1ccc(-c2c(-c3cc(C)c(O)cc3O)noc2NC(C)=O)cc1. The highest BCUT2D eigenvalue weighted by molar-refractivity contribution is 5.97.